The zero-order valence-corrected chi connectivity index (χ0v) is 27.8. The highest BCUT2D eigenvalue weighted by Gasteiger charge is 2.54. The summed E-state index contributed by atoms with van der Waals surface area (Å²) in [5, 5.41) is 23.1. The molecule has 1 saturated heterocycles. The third-order valence-corrected chi connectivity index (χ3v) is 10.4. The molecule has 0 unspecified atom stereocenters. The van der Waals surface area contributed by atoms with Crippen molar-refractivity contribution in [1.82, 2.24) is 35.6 Å². The van der Waals surface area contributed by atoms with Gasteiger partial charge in [0.1, 0.15) is 17.7 Å². The second-order valence-electron chi connectivity index (χ2n) is 13.1. The Morgan fingerprint density at radius 2 is 1.58 bits per heavy atom. The number of aromatic nitrogens is 3. The lowest BCUT2D eigenvalue weighted by Gasteiger charge is -2.35. The Balaban J connectivity index is 1.35. The standard InChI is InChI=1S/C37H37FN8O4/c1-40-33(48)23-5-11-29-21(15-23)3-4-22-16-24(34(49)41-2)6-12-30(22)37(29,35-43-36(50)46(44-35)27-9-7-26(38)8-10-27)13-14-42-20-32(47)45-28(19-39)17-25-18-31(25)45/h5-12,15-16,25,28,31,42H,3-4,13-14,17-18,20H2,1-2H3,(H,40,48)(H,41,49)(H,43,44,50)/t25-,28+,31+/m1/s1. The number of aromatic amines is 1. The average Bonchev–Trinajstić information content (AvgIpc) is 3.67. The van der Waals surface area contributed by atoms with Crippen LogP contribution in [0.25, 0.3) is 5.69 Å². The van der Waals surface area contributed by atoms with Gasteiger partial charge in [-0.25, -0.2) is 9.18 Å². The van der Waals surface area contributed by atoms with Crippen LogP contribution in [-0.2, 0) is 23.1 Å². The van der Waals surface area contributed by atoms with E-state index in [0.29, 0.717) is 60.8 Å². The van der Waals surface area contributed by atoms with Crippen LogP contribution >= 0.6 is 0 Å². The van der Waals surface area contributed by atoms with Gasteiger partial charge in [-0.3, -0.25) is 19.4 Å². The first-order valence-corrected chi connectivity index (χ1v) is 16.8. The molecule has 12 nitrogen and oxygen atoms in total. The fraction of sp³-hybridized carbons (Fsp3) is 0.351. The second kappa shape index (κ2) is 13.0. The third kappa shape index (κ3) is 5.65. The Bertz CT molecular complexity index is 2030. The molecule has 1 saturated carbocycles. The van der Waals surface area contributed by atoms with Gasteiger partial charge in [-0.1, -0.05) is 12.1 Å². The highest BCUT2D eigenvalue weighted by Crippen LogP contribution is 2.48. The van der Waals surface area contributed by atoms with E-state index >= 15 is 0 Å². The summed E-state index contributed by atoms with van der Waals surface area (Å²) < 4.78 is 15.0. The molecule has 2 fully saturated rings. The maximum Gasteiger partial charge on any atom is 0.348 e. The fourth-order valence-corrected chi connectivity index (χ4v) is 7.83. The number of fused-ring (bicyclic) bond motifs is 3. The Morgan fingerprint density at radius 3 is 2.16 bits per heavy atom. The quantitative estimate of drug-likeness (QED) is 0.198. The zero-order chi connectivity index (χ0) is 35.2. The van der Waals surface area contributed by atoms with E-state index in [4.69, 9.17) is 5.10 Å². The molecule has 2 heterocycles. The molecule has 0 bridgehead atoms. The first kappa shape index (κ1) is 32.9. The normalized spacial score (nSPS) is 19.7. The first-order valence-electron chi connectivity index (χ1n) is 16.8. The second-order valence-corrected chi connectivity index (χ2v) is 13.1. The maximum absolute atomic E-state index is 13.8. The summed E-state index contributed by atoms with van der Waals surface area (Å²) in [6.45, 7) is 0.340. The summed E-state index contributed by atoms with van der Waals surface area (Å²) in [5.74, 6) is -0.351. The molecule has 50 heavy (non-hydrogen) atoms. The molecular weight excluding hydrogens is 639 g/mol. The minimum atomic E-state index is -1.12. The number of nitriles is 1. The molecular formula is C37H37FN8O4. The smallest absolute Gasteiger partial charge is 0.348 e. The topological polar surface area (TPSA) is 165 Å². The Hall–Kier alpha value is -5.61. The van der Waals surface area contributed by atoms with Gasteiger partial charge in [0.2, 0.25) is 5.91 Å². The molecule has 0 spiro atoms. The molecule has 13 heteroatoms. The Labute approximate surface area is 287 Å². The predicted octanol–water partition coefficient (Wildman–Crippen LogP) is 2.34. The van der Waals surface area contributed by atoms with Gasteiger partial charge >= 0.3 is 5.69 Å². The largest absolute Gasteiger partial charge is 0.355 e. The highest BCUT2D eigenvalue weighted by atomic mass is 19.1. The van der Waals surface area contributed by atoms with E-state index in [1.165, 1.54) is 28.9 Å². The highest BCUT2D eigenvalue weighted by molar-refractivity contribution is 5.95. The van der Waals surface area contributed by atoms with E-state index in [1.807, 2.05) is 24.3 Å². The lowest BCUT2D eigenvalue weighted by atomic mass is 9.69. The number of H-pyrrole nitrogens is 1. The summed E-state index contributed by atoms with van der Waals surface area (Å²) in [4.78, 5) is 57.2. The van der Waals surface area contributed by atoms with Gasteiger partial charge in [-0.05, 0) is 115 Å². The minimum absolute atomic E-state index is 0.0307. The number of carbonyl (C=O) groups is 3. The summed E-state index contributed by atoms with van der Waals surface area (Å²) in [5.41, 5.74) is 3.04. The van der Waals surface area contributed by atoms with E-state index in [0.717, 1.165) is 28.7 Å². The number of halogens is 1. The number of benzene rings is 3. The van der Waals surface area contributed by atoms with Crippen LogP contribution in [0, 0.1) is 23.1 Å². The van der Waals surface area contributed by atoms with E-state index in [-0.39, 0.29) is 30.3 Å². The van der Waals surface area contributed by atoms with E-state index in [1.54, 1.807) is 31.1 Å². The summed E-state index contributed by atoms with van der Waals surface area (Å²) in [7, 11) is 3.14. The lowest BCUT2D eigenvalue weighted by molar-refractivity contribution is -0.131. The average molecular weight is 677 g/mol. The number of nitrogens with one attached hydrogen (secondary N) is 4. The van der Waals surface area contributed by atoms with Crippen molar-refractivity contribution in [2.45, 2.75) is 49.6 Å². The van der Waals surface area contributed by atoms with Gasteiger partial charge in [0.05, 0.1) is 23.7 Å². The maximum atomic E-state index is 13.8. The van der Waals surface area contributed by atoms with Crippen molar-refractivity contribution in [3.63, 3.8) is 0 Å². The molecule has 3 aliphatic rings. The van der Waals surface area contributed by atoms with E-state index in [9.17, 15) is 28.8 Å². The van der Waals surface area contributed by atoms with Crippen molar-refractivity contribution in [3.05, 3.63) is 116 Å². The van der Waals surface area contributed by atoms with Crippen LogP contribution in [0.4, 0.5) is 4.39 Å². The monoisotopic (exact) mass is 676 g/mol. The number of hydrogen-bond donors (Lipinski definition) is 4. The number of carbonyl (C=O) groups excluding carboxylic acids is 3. The van der Waals surface area contributed by atoms with Crippen molar-refractivity contribution in [2.75, 3.05) is 27.2 Å². The predicted molar refractivity (Wildman–Crippen MR) is 181 cm³/mol. The van der Waals surface area contributed by atoms with Crippen molar-refractivity contribution >= 4 is 17.7 Å². The van der Waals surface area contributed by atoms with Crippen LogP contribution in [0.15, 0.2) is 65.5 Å². The number of amides is 3. The van der Waals surface area contributed by atoms with Crippen LogP contribution in [0.5, 0.6) is 0 Å². The van der Waals surface area contributed by atoms with Gasteiger partial charge < -0.3 is 20.9 Å². The number of piperidine rings is 1. The Kier molecular flexibility index (Phi) is 8.57. The number of aryl methyl sites for hydroxylation is 2. The van der Waals surface area contributed by atoms with Crippen molar-refractivity contribution in [1.29, 1.82) is 5.26 Å². The van der Waals surface area contributed by atoms with Gasteiger partial charge in [-0.15, -0.1) is 5.10 Å². The van der Waals surface area contributed by atoms with Gasteiger partial charge in [0, 0.05) is 31.3 Å². The van der Waals surface area contributed by atoms with Gasteiger partial charge in [-0.2, -0.15) is 9.94 Å². The SMILES string of the molecule is CNC(=O)c1ccc2c(c1)CCc1cc(C(=O)NC)ccc1C2(CCNCC(=O)N1[C@H](C#N)C[C@@H]2C[C@@H]21)c1nn(-c2ccc(F)cc2)c(=O)[nH]1. The summed E-state index contributed by atoms with van der Waals surface area (Å²) >= 11 is 0. The Morgan fingerprint density at radius 1 is 0.960 bits per heavy atom. The van der Waals surface area contributed by atoms with Crippen LogP contribution in [0.1, 0.15) is 68.1 Å². The van der Waals surface area contributed by atoms with Crippen LogP contribution in [0.2, 0.25) is 0 Å². The van der Waals surface area contributed by atoms with Crippen LogP contribution < -0.4 is 21.6 Å². The van der Waals surface area contributed by atoms with Crippen molar-refractivity contribution < 1.29 is 18.8 Å². The van der Waals surface area contributed by atoms with Crippen LogP contribution in [-0.4, -0.2) is 76.7 Å². The number of nitrogens with zero attached hydrogens (tertiary/aromatic N) is 4. The molecule has 4 N–H and O–H groups in total. The van der Waals surface area contributed by atoms with E-state index in [2.05, 4.69) is 27.0 Å². The molecule has 2 aliphatic carbocycles. The summed E-state index contributed by atoms with van der Waals surface area (Å²) in [6, 6.07) is 18.4. The van der Waals surface area contributed by atoms with Gasteiger partial charge in [0.25, 0.3) is 11.8 Å². The lowest BCUT2D eigenvalue weighted by Crippen LogP contribution is -2.44. The minimum Gasteiger partial charge on any atom is -0.355 e. The molecule has 256 valence electrons. The van der Waals surface area contributed by atoms with Crippen molar-refractivity contribution in [3.8, 4) is 11.8 Å². The van der Waals surface area contributed by atoms with Crippen LogP contribution in [0.3, 0.4) is 0 Å². The number of rotatable bonds is 9. The molecule has 3 atom stereocenters. The molecule has 1 aliphatic heterocycles. The molecule has 0 radical (unpaired) electrons. The zero-order valence-electron chi connectivity index (χ0n) is 27.8. The van der Waals surface area contributed by atoms with Crippen molar-refractivity contribution in [2.24, 2.45) is 5.92 Å². The number of likely N-dealkylation sites (tertiary alicyclic amines) is 1. The number of hydrogen-bond acceptors (Lipinski definition) is 7. The molecule has 4 aromatic rings. The third-order valence-electron chi connectivity index (χ3n) is 10.4. The molecule has 7 rings (SSSR count). The molecule has 3 aromatic carbocycles. The first-order chi connectivity index (χ1) is 24.2. The van der Waals surface area contributed by atoms with E-state index < -0.39 is 23.0 Å². The molecule has 1 aromatic heterocycles. The fourth-order valence-electron chi connectivity index (χ4n) is 7.83. The summed E-state index contributed by atoms with van der Waals surface area (Å²) in [6.07, 6.45) is 3.04. The molecule has 3 amide bonds. The van der Waals surface area contributed by atoms with Gasteiger partial charge in [0.15, 0.2) is 0 Å².